The molecule has 6 nitrogen and oxygen atoms in total. The molecule has 4 fully saturated rings. The zero-order valence-electron chi connectivity index (χ0n) is 25.0. The Balaban J connectivity index is 1.52. The molecule has 7 heteroatoms. The number of ether oxygens (including phenoxy) is 1. The number of carbonyl (C=O) groups is 1. The maximum Gasteiger partial charge on any atom is 0.333 e. The summed E-state index contributed by atoms with van der Waals surface area (Å²) in [7, 11) is -2.46. The molecule has 0 spiro atoms. The highest BCUT2D eigenvalue weighted by molar-refractivity contribution is 7.84. The normalized spacial score (nSPS) is 50.0. The third kappa shape index (κ3) is 3.83. The number of nitrogens with two attached hydrogens (primary N) is 1. The van der Waals surface area contributed by atoms with E-state index >= 15 is 0 Å². The largest absolute Gasteiger partial charge is 0.469 e. The van der Waals surface area contributed by atoms with Crippen LogP contribution in [0.4, 0.5) is 0 Å². The van der Waals surface area contributed by atoms with Crippen molar-refractivity contribution in [3.63, 3.8) is 0 Å². The summed E-state index contributed by atoms with van der Waals surface area (Å²) in [5.74, 6) is 1.26. The Kier molecular flexibility index (Phi) is 6.43. The van der Waals surface area contributed by atoms with Crippen molar-refractivity contribution in [2.75, 3.05) is 7.11 Å². The average Bonchev–Trinajstić information content (AvgIpc) is 2.81. The lowest BCUT2D eigenvalue weighted by Crippen LogP contribution is -2.64. The number of hydrogen-bond acceptors (Lipinski definition) is 5. The molecule has 0 bridgehead atoms. The molecule has 5 rings (SSSR count). The summed E-state index contributed by atoms with van der Waals surface area (Å²) in [5, 5.41) is 5.33. The van der Waals surface area contributed by atoms with Gasteiger partial charge in [0.25, 0.3) is 0 Å². The first-order chi connectivity index (χ1) is 17.4. The van der Waals surface area contributed by atoms with Crippen molar-refractivity contribution in [1.29, 1.82) is 0 Å². The summed E-state index contributed by atoms with van der Waals surface area (Å²) in [4.78, 5) is 12.9. The fraction of sp³-hybridized carbons (Fsp3) is 0.903. The van der Waals surface area contributed by atoms with Crippen LogP contribution in [0.2, 0.25) is 0 Å². The Morgan fingerprint density at radius 1 is 0.921 bits per heavy atom. The fourth-order valence-electron chi connectivity index (χ4n) is 11.1. The Morgan fingerprint density at radius 3 is 2.21 bits per heavy atom. The topological polar surface area (TPSA) is 95.7 Å². The molecule has 5 aliphatic carbocycles. The summed E-state index contributed by atoms with van der Waals surface area (Å²) in [6.45, 7) is 16.6. The zero-order chi connectivity index (χ0) is 28.2. The highest BCUT2D eigenvalue weighted by atomic mass is 32.2. The highest BCUT2D eigenvalue weighted by Gasteiger charge is 2.68. The van der Waals surface area contributed by atoms with Crippen molar-refractivity contribution >= 4 is 16.3 Å². The molecule has 4 saturated carbocycles. The van der Waals surface area contributed by atoms with Gasteiger partial charge in [0.2, 0.25) is 0 Å². The first-order valence-electron chi connectivity index (χ1n) is 14.9. The number of allylic oxidation sites excluding steroid dienone is 2. The van der Waals surface area contributed by atoms with Gasteiger partial charge in [-0.05, 0) is 116 Å². The van der Waals surface area contributed by atoms with Gasteiger partial charge >= 0.3 is 16.3 Å². The summed E-state index contributed by atoms with van der Waals surface area (Å²) in [5.41, 5.74) is 1.54. The van der Waals surface area contributed by atoms with Crippen LogP contribution < -0.4 is 5.14 Å². The minimum atomic E-state index is -3.99. The lowest BCUT2D eigenvalue weighted by Gasteiger charge is -2.71. The zero-order valence-corrected chi connectivity index (χ0v) is 25.8. The number of carbonyl (C=O) groups excluding carboxylic acids is 1. The van der Waals surface area contributed by atoms with Crippen LogP contribution in [0, 0.1) is 50.2 Å². The van der Waals surface area contributed by atoms with E-state index < -0.39 is 15.7 Å². The van der Waals surface area contributed by atoms with E-state index in [-0.39, 0.29) is 39.1 Å². The van der Waals surface area contributed by atoms with Crippen LogP contribution in [-0.4, -0.2) is 27.6 Å². The van der Waals surface area contributed by atoms with E-state index in [2.05, 4.69) is 54.5 Å². The minimum absolute atomic E-state index is 0.0546. The number of fused-ring (bicyclic) bond motifs is 7. The third-order valence-corrected chi connectivity index (χ3v) is 14.2. The van der Waals surface area contributed by atoms with Gasteiger partial charge < -0.3 is 4.74 Å². The van der Waals surface area contributed by atoms with Crippen LogP contribution in [0.25, 0.3) is 0 Å². The second-order valence-corrected chi connectivity index (χ2v) is 16.9. The molecule has 0 aromatic carbocycles. The standard InChI is InChI=1S/C31H51NO5S/c1-26(2)22-11-14-31(7)23(29(22,5)13-12-24(26)37-38(32,34)35)10-9-20-21-19-28(4,25(33)36-8)16-15-27(21,3)17-18-30(20,31)6/h9,21-24H,10-19H2,1-8H3,(H2,32,34,35)/t21-,22-,23+,24-,27+,28-,29-,30+,31+/m0/s1. The molecular formula is C31H51NO5S. The summed E-state index contributed by atoms with van der Waals surface area (Å²) < 4.78 is 34.5. The van der Waals surface area contributed by atoms with Gasteiger partial charge in [0, 0.05) is 0 Å². The number of rotatable bonds is 3. The molecule has 5 aliphatic rings. The predicted molar refractivity (Wildman–Crippen MR) is 149 cm³/mol. The molecule has 0 amide bonds. The fourth-order valence-corrected chi connectivity index (χ4v) is 11.8. The Bertz CT molecular complexity index is 1150. The first kappa shape index (κ1) is 28.6. The van der Waals surface area contributed by atoms with Crippen molar-refractivity contribution in [1.82, 2.24) is 0 Å². The van der Waals surface area contributed by atoms with Gasteiger partial charge in [-0.15, -0.1) is 0 Å². The van der Waals surface area contributed by atoms with Crippen LogP contribution in [-0.2, 0) is 24.0 Å². The summed E-state index contributed by atoms with van der Waals surface area (Å²) in [6.07, 6.45) is 12.5. The van der Waals surface area contributed by atoms with E-state index in [1.54, 1.807) is 5.57 Å². The van der Waals surface area contributed by atoms with Gasteiger partial charge in [-0.25, -0.2) is 5.14 Å². The molecule has 0 aliphatic heterocycles. The first-order valence-corrected chi connectivity index (χ1v) is 16.3. The summed E-state index contributed by atoms with van der Waals surface area (Å²) >= 11 is 0. The second kappa shape index (κ2) is 8.55. The molecule has 0 aromatic rings. The average molecular weight is 550 g/mol. The quantitative estimate of drug-likeness (QED) is 0.318. The molecule has 0 aromatic heterocycles. The van der Waals surface area contributed by atoms with Crippen molar-refractivity contribution < 1.29 is 22.1 Å². The van der Waals surface area contributed by atoms with E-state index in [0.29, 0.717) is 24.2 Å². The van der Waals surface area contributed by atoms with E-state index in [4.69, 9.17) is 14.1 Å². The van der Waals surface area contributed by atoms with Crippen LogP contribution in [0.5, 0.6) is 0 Å². The molecule has 0 unspecified atom stereocenters. The van der Waals surface area contributed by atoms with E-state index in [1.165, 1.54) is 20.0 Å². The number of methoxy groups -OCH3 is 1. The van der Waals surface area contributed by atoms with Gasteiger partial charge in [0.1, 0.15) is 0 Å². The van der Waals surface area contributed by atoms with Gasteiger partial charge in [0.15, 0.2) is 0 Å². The molecular weight excluding hydrogens is 498 g/mol. The predicted octanol–water partition coefficient (Wildman–Crippen LogP) is 6.55. The highest BCUT2D eigenvalue weighted by Crippen LogP contribution is 2.75. The van der Waals surface area contributed by atoms with Crippen LogP contribution in [0.3, 0.4) is 0 Å². The van der Waals surface area contributed by atoms with Gasteiger partial charge in [0.05, 0.1) is 18.6 Å². The van der Waals surface area contributed by atoms with Crippen LogP contribution in [0.1, 0.15) is 113 Å². The molecule has 216 valence electrons. The number of hydrogen-bond donors (Lipinski definition) is 1. The molecule has 0 saturated heterocycles. The molecule has 0 heterocycles. The molecule has 2 N–H and O–H groups in total. The minimum Gasteiger partial charge on any atom is -0.469 e. The van der Waals surface area contributed by atoms with Gasteiger partial charge in [-0.1, -0.05) is 53.2 Å². The molecule has 9 atom stereocenters. The maximum atomic E-state index is 12.9. The van der Waals surface area contributed by atoms with Gasteiger partial charge in [-0.2, -0.15) is 8.42 Å². The second-order valence-electron chi connectivity index (χ2n) is 15.7. The number of esters is 1. The van der Waals surface area contributed by atoms with Crippen LogP contribution in [0.15, 0.2) is 11.6 Å². The lowest BCUT2D eigenvalue weighted by molar-refractivity contribution is -0.199. The van der Waals surface area contributed by atoms with Crippen molar-refractivity contribution in [3.8, 4) is 0 Å². The van der Waals surface area contributed by atoms with Crippen LogP contribution >= 0.6 is 0 Å². The lowest BCUT2D eigenvalue weighted by atomic mass is 9.33. The van der Waals surface area contributed by atoms with Gasteiger partial charge in [-0.3, -0.25) is 8.98 Å². The van der Waals surface area contributed by atoms with Crippen molar-refractivity contribution in [2.45, 2.75) is 119 Å². The Hall–Kier alpha value is -0.920. The van der Waals surface area contributed by atoms with E-state index in [9.17, 15) is 13.2 Å². The monoisotopic (exact) mass is 549 g/mol. The van der Waals surface area contributed by atoms with Crippen molar-refractivity contribution in [3.05, 3.63) is 11.6 Å². The molecule has 0 radical (unpaired) electrons. The van der Waals surface area contributed by atoms with E-state index in [1.807, 2.05) is 0 Å². The van der Waals surface area contributed by atoms with E-state index in [0.717, 1.165) is 44.9 Å². The Labute approximate surface area is 231 Å². The summed E-state index contributed by atoms with van der Waals surface area (Å²) in [6, 6.07) is 0. The third-order valence-electron chi connectivity index (χ3n) is 13.7. The smallest absolute Gasteiger partial charge is 0.333 e. The Morgan fingerprint density at radius 2 is 1.58 bits per heavy atom. The maximum absolute atomic E-state index is 12.9. The molecule has 38 heavy (non-hydrogen) atoms. The van der Waals surface area contributed by atoms with Crippen molar-refractivity contribution in [2.24, 2.45) is 55.4 Å². The SMILES string of the molecule is COC(=O)[C@@]1(C)CC[C@]2(C)CC[C@]3(C)C(=CC[C@@H]4[C@@]5(C)CC[C@H](OS(N)(=O)=O)C(C)(C)[C@@H]5CC[C@]43C)[C@@H]2C1.